The van der Waals surface area contributed by atoms with Crippen molar-refractivity contribution in [2.45, 2.75) is 18.9 Å². The predicted octanol–water partition coefficient (Wildman–Crippen LogP) is 3.14. The zero-order valence-electron chi connectivity index (χ0n) is 8.83. The molecule has 1 heterocycles. The third-order valence-corrected chi connectivity index (χ3v) is 4.58. The highest BCUT2D eigenvalue weighted by atomic mass is 35.5. The van der Waals surface area contributed by atoms with Gasteiger partial charge in [-0.05, 0) is 35.5 Å². The summed E-state index contributed by atoms with van der Waals surface area (Å²) in [4.78, 5) is 0. The number of aliphatic hydroxyl groups is 1. The van der Waals surface area contributed by atoms with Crippen LogP contribution in [0, 0.1) is 11.7 Å². The molecule has 1 aliphatic rings. The molecule has 1 saturated heterocycles. The van der Waals surface area contributed by atoms with Gasteiger partial charge in [-0.3, -0.25) is 0 Å². The van der Waals surface area contributed by atoms with Gasteiger partial charge in [0, 0.05) is 6.42 Å². The van der Waals surface area contributed by atoms with E-state index in [4.69, 9.17) is 11.6 Å². The lowest BCUT2D eigenvalue weighted by atomic mass is 9.95. The van der Waals surface area contributed by atoms with Crippen LogP contribution < -0.4 is 0 Å². The van der Waals surface area contributed by atoms with Crippen molar-refractivity contribution in [1.29, 1.82) is 0 Å². The first kappa shape index (κ1) is 12.2. The Hall–Kier alpha value is -0.250. The summed E-state index contributed by atoms with van der Waals surface area (Å²) in [7, 11) is 0. The van der Waals surface area contributed by atoms with Gasteiger partial charge in [-0.25, -0.2) is 4.39 Å². The summed E-state index contributed by atoms with van der Waals surface area (Å²) < 4.78 is 13.2. The summed E-state index contributed by atoms with van der Waals surface area (Å²) >= 11 is 7.71. The van der Waals surface area contributed by atoms with Crippen LogP contribution >= 0.6 is 23.4 Å². The van der Waals surface area contributed by atoms with Crippen LogP contribution in [-0.2, 0) is 6.42 Å². The van der Waals surface area contributed by atoms with Gasteiger partial charge in [0.05, 0.1) is 11.1 Å². The van der Waals surface area contributed by atoms with E-state index in [1.807, 2.05) is 11.8 Å². The maximum absolute atomic E-state index is 13.2. The zero-order valence-corrected chi connectivity index (χ0v) is 10.4. The van der Waals surface area contributed by atoms with Crippen LogP contribution in [0.2, 0.25) is 5.02 Å². The minimum Gasteiger partial charge on any atom is -0.392 e. The Bertz CT molecular complexity index is 366. The van der Waals surface area contributed by atoms with E-state index < -0.39 is 11.9 Å². The van der Waals surface area contributed by atoms with Crippen LogP contribution in [0.4, 0.5) is 4.39 Å². The highest BCUT2D eigenvalue weighted by molar-refractivity contribution is 7.99. The lowest BCUT2D eigenvalue weighted by molar-refractivity contribution is 0.120. The molecule has 88 valence electrons. The molecule has 0 aromatic heterocycles. The van der Waals surface area contributed by atoms with Crippen LogP contribution in [0.3, 0.4) is 0 Å². The first-order valence-corrected chi connectivity index (χ1v) is 6.90. The van der Waals surface area contributed by atoms with Crippen molar-refractivity contribution < 1.29 is 9.50 Å². The van der Waals surface area contributed by atoms with Crippen molar-refractivity contribution in [3.05, 3.63) is 34.6 Å². The Labute approximate surface area is 104 Å². The fourth-order valence-corrected chi connectivity index (χ4v) is 3.49. The number of hydrogen-bond donors (Lipinski definition) is 1. The van der Waals surface area contributed by atoms with Gasteiger partial charge in [-0.15, -0.1) is 0 Å². The third-order valence-electron chi connectivity index (χ3n) is 2.97. The van der Waals surface area contributed by atoms with Crippen LogP contribution in [0.1, 0.15) is 12.0 Å². The topological polar surface area (TPSA) is 20.2 Å². The summed E-state index contributed by atoms with van der Waals surface area (Å²) in [5.74, 6) is 2.02. The molecule has 0 amide bonds. The molecule has 2 unspecified atom stereocenters. The monoisotopic (exact) mass is 260 g/mol. The van der Waals surface area contributed by atoms with E-state index in [9.17, 15) is 9.50 Å². The molecule has 0 saturated carbocycles. The summed E-state index contributed by atoms with van der Waals surface area (Å²) in [6.45, 7) is 0. The minimum absolute atomic E-state index is 0.146. The molecule has 16 heavy (non-hydrogen) atoms. The van der Waals surface area contributed by atoms with Crippen LogP contribution in [-0.4, -0.2) is 22.7 Å². The summed E-state index contributed by atoms with van der Waals surface area (Å²) in [5.41, 5.74) is 0.700. The smallest absolute Gasteiger partial charge is 0.142 e. The van der Waals surface area contributed by atoms with Gasteiger partial charge in [0.1, 0.15) is 5.82 Å². The fourth-order valence-electron chi connectivity index (χ4n) is 1.95. The molecule has 2 atom stereocenters. The van der Waals surface area contributed by atoms with Crippen molar-refractivity contribution >= 4 is 23.4 Å². The Kier molecular flexibility index (Phi) is 4.11. The maximum atomic E-state index is 13.2. The zero-order chi connectivity index (χ0) is 11.5. The lowest BCUT2D eigenvalue weighted by Gasteiger charge is -2.17. The summed E-state index contributed by atoms with van der Waals surface area (Å²) in [5, 5.41) is 10.2. The Balaban J connectivity index is 2.05. The second kappa shape index (κ2) is 5.39. The van der Waals surface area contributed by atoms with Gasteiger partial charge in [0.25, 0.3) is 0 Å². The summed E-state index contributed by atoms with van der Waals surface area (Å²) in [6, 6.07) is 4.74. The standard InChI is InChI=1S/C12H14ClFOS/c13-12-8(2-1-3-10(12)14)6-11(15)9-4-5-16-7-9/h1-3,9,11,15H,4-7H2. The third kappa shape index (κ3) is 2.70. The van der Waals surface area contributed by atoms with Gasteiger partial charge < -0.3 is 5.11 Å². The minimum atomic E-state index is -0.410. The number of rotatable bonds is 3. The molecule has 1 aromatic carbocycles. The number of benzene rings is 1. The molecule has 1 fully saturated rings. The highest BCUT2D eigenvalue weighted by Crippen LogP contribution is 2.29. The Morgan fingerprint density at radius 1 is 1.56 bits per heavy atom. The van der Waals surface area contributed by atoms with E-state index in [0.717, 1.165) is 17.9 Å². The second-order valence-electron chi connectivity index (χ2n) is 4.11. The van der Waals surface area contributed by atoms with E-state index in [1.165, 1.54) is 6.07 Å². The lowest BCUT2D eigenvalue weighted by Crippen LogP contribution is -2.22. The van der Waals surface area contributed by atoms with E-state index in [0.29, 0.717) is 17.9 Å². The molecule has 0 bridgehead atoms. The normalized spacial score (nSPS) is 22.3. The van der Waals surface area contributed by atoms with Crippen molar-refractivity contribution in [3.63, 3.8) is 0 Å². The maximum Gasteiger partial charge on any atom is 0.142 e. The largest absolute Gasteiger partial charge is 0.392 e. The molecule has 1 aliphatic heterocycles. The average Bonchev–Trinajstić information content (AvgIpc) is 2.78. The SMILES string of the molecule is OC(Cc1cccc(F)c1Cl)C1CCSC1. The number of aliphatic hydroxyl groups excluding tert-OH is 1. The molecule has 1 nitrogen and oxygen atoms in total. The molecule has 4 heteroatoms. The van der Waals surface area contributed by atoms with Crippen LogP contribution in [0.25, 0.3) is 0 Å². The molecular weight excluding hydrogens is 247 g/mol. The predicted molar refractivity (Wildman–Crippen MR) is 66.6 cm³/mol. The molecule has 0 aliphatic carbocycles. The number of thioether (sulfide) groups is 1. The van der Waals surface area contributed by atoms with E-state index in [-0.39, 0.29) is 5.02 Å². The van der Waals surface area contributed by atoms with Gasteiger partial charge >= 0.3 is 0 Å². The van der Waals surface area contributed by atoms with Crippen molar-refractivity contribution in [2.24, 2.45) is 5.92 Å². The Morgan fingerprint density at radius 3 is 3.06 bits per heavy atom. The molecular formula is C12H14ClFOS. The molecule has 0 radical (unpaired) electrons. The van der Waals surface area contributed by atoms with E-state index in [1.54, 1.807) is 12.1 Å². The first-order valence-electron chi connectivity index (χ1n) is 5.37. The van der Waals surface area contributed by atoms with E-state index >= 15 is 0 Å². The second-order valence-corrected chi connectivity index (χ2v) is 5.64. The average molecular weight is 261 g/mol. The number of hydrogen-bond acceptors (Lipinski definition) is 2. The number of halogens is 2. The van der Waals surface area contributed by atoms with Gasteiger partial charge in [0.2, 0.25) is 0 Å². The van der Waals surface area contributed by atoms with Crippen molar-refractivity contribution in [1.82, 2.24) is 0 Å². The van der Waals surface area contributed by atoms with Crippen LogP contribution in [0.15, 0.2) is 18.2 Å². The first-order chi connectivity index (χ1) is 7.68. The Morgan fingerprint density at radius 2 is 2.38 bits per heavy atom. The summed E-state index contributed by atoms with van der Waals surface area (Å²) in [6.07, 6.45) is 1.08. The van der Waals surface area contributed by atoms with Crippen LogP contribution in [0.5, 0.6) is 0 Å². The van der Waals surface area contributed by atoms with E-state index in [2.05, 4.69) is 0 Å². The fraction of sp³-hybridized carbons (Fsp3) is 0.500. The quantitative estimate of drug-likeness (QED) is 0.901. The molecule has 1 aromatic rings. The van der Waals surface area contributed by atoms with Crippen molar-refractivity contribution in [3.8, 4) is 0 Å². The van der Waals surface area contributed by atoms with Gasteiger partial charge in [0.15, 0.2) is 0 Å². The van der Waals surface area contributed by atoms with Gasteiger partial charge in [-0.2, -0.15) is 11.8 Å². The van der Waals surface area contributed by atoms with Crippen molar-refractivity contribution in [2.75, 3.05) is 11.5 Å². The molecule has 1 N–H and O–H groups in total. The molecule has 0 spiro atoms. The van der Waals surface area contributed by atoms with Gasteiger partial charge in [-0.1, -0.05) is 23.7 Å². The highest BCUT2D eigenvalue weighted by Gasteiger charge is 2.24. The molecule has 2 rings (SSSR count).